The molecule has 0 bridgehead atoms. The maximum absolute atomic E-state index is 11.8. The molecule has 3 N–H and O–H groups in total. The molecular weight excluding hydrogens is 242 g/mol. The first kappa shape index (κ1) is 11.3. The number of carboxylic acids is 1. The highest BCUT2D eigenvalue weighted by Gasteiger charge is 2.16. The maximum Gasteiger partial charge on any atom is 0.348 e. The molecule has 88 valence electrons. The van der Waals surface area contributed by atoms with Gasteiger partial charge in [-0.05, 0) is 18.4 Å². The molecule has 0 radical (unpaired) electrons. The number of nitrogens with one attached hydrogen (secondary N) is 2. The Morgan fingerprint density at radius 3 is 2.88 bits per heavy atom. The fraction of sp³-hybridized carbons (Fsp3) is 0.100. The van der Waals surface area contributed by atoms with Gasteiger partial charge in [0.25, 0.3) is 5.91 Å². The van der Waals surface area contributed by atoms with Crippen LogP contribution in [0, 0.1) is 6.92 Å². The number of carbonyl (C=O) groups is 2. The molecule has 0 saturated carbocycles. The number of amides is 1. The number of H-pyrrole nitrogens is 1. The third-order valence-corrected chi connectivity index (χ3v) is 3.08. The van der Waals surface area contributed by atoms with Gasteiger partial charge in [-0.1, -0.05) is 0 Å². The van der Waals surface area contributed by atoms with Crippen molar-refractivity contribution in [3.05, 3.63) is 33.8 Å². The molecular formula is C10H9N3O3S. The largest absolute Gasteiger partial charge is 0.477 e. The van der Waals surface area contributed by atoms with E-state index in [9.17, 15) is 9.59 Å². The summed E-state index contributed by atoms with van der Waals surface area (Å²) in [5.41, 5.74) is 1.33. The van der Waals surface area contributed by atoms with Crippen molar-refractivity contribution in [2.24, 2.45) is 0 Å². The summed E-state index contributed by atoms with van der Waals surface area (Å²) in [6, 6.07) is 1.56. The van der Waals surface area contributed by atoms with E-state index in [-0.39, 0.29) is 10.8 Å². The molecule has 2 aromatic rings. The minimum atomic E-state index is -1.06. The van der Waals surface area contributed by atoms with Crippen LogP contribution in [-0.4, -0.2) is 27.2 Å². The molecule has 7 heteroatoms. The smallest absolute Gasteiger partial charge is 0.348 e. The number of aryl methyl sites for hydroxylation is 1. The van der Waals surface area contributed by atoms with Crippen molar-refractivity contribution >= 4 is 28.9 Å². The predicted molar refractivity (Wildman–Crippen MR) is 62.6 cm³/mol. The summed E-state index contributed by atoms with van der Waals surface area (Å²) in [6.07, 6.45) is 1.40. The number of hydrogen-bond acceptors (Lipinski definition) is 4. The second-order valence-electron chi connectivity index (χ2n) is 3.33. The molecule has 0 aliphatic carbocycles. The first-order valence-corrected chi connectivity index (χ1v) is 5.59. The number of carboxylic acid groups (broad SMARTS) is 1. The van der Waals surface area contributed by atoms with Crippen LogP contribution in [0.4, 0.5) is 5.69 Å². The topological polar surface area (TPSA) is 95.1 Å². The van der Waals surface area contributed by atoms with Gasteiger partial charge < -0.3 is 10.4 Å². The average Bonchev–Trinajstić information content (AvgIpc) is 2.86. The van der Waals surface area contributed by atoms with E-state index in [0.29, 0.717) is 16.9 Å². The van der Waals surface area contributed by atoms with Crippen LogP contribution in [-0.2, 0) is 0 Å². The highest BCUT2D eigenvalue weighted by Crippen LogP contribution is 2.22. The number of carbonyl (C=O) groups excluding carboxylic acids is 1. The Bertz CT molecular complexity index is 573. The lowest BCUT2D eigenvalue weighted by molar-refractivity contribution is 0.0703. The van der Waals surface area contributed by atoms with E-state index in [0.717, 1.165) is 11.3 Å². The number of aromatic carboxylic acids is 1. The minimum Gasteiger partial charge on any atom is -0.477 e. The molecule has 0 aliphatic rings. The van der Waals surface area contributed by atoms with E-state index in [1.807, 2.05) is 0 Å². The van der Waals surface area contributed by atoms with Crippen LogP contribution in [0.25, 0.3) is 0 Å². The Balaban J connectivity index is 2.22. The zero-order chi connectivity index (χ0) is 12.4. The van der Waals surface area contributed by atoms with Crippen molar-refractivity contribution in [1.82, 2.24) is 10.2 Å². The van der Waals surface area contributed by atoms with Gasteiger partial charge in [-0.3, -0.25) is 9.89 Å². The van der Waals surface area contributed by atoms with E-state index in [2.05, 4.69) is 15.5 Å². The summed E-state index contributed by atoms with van der Waals surface area (Å²) in [5, 5.41) is 19.4. The monoisotopic (exact) mass is 251 g/mol. The summed E-state index contributed by atoms with van der Waals surface area (Å²) in [6.45, 7) is 1.72. The molecule has 2 rings (SSSR count). The van der Waals surface area contributed by atoms with Crippen LogP contribution in [0.5, 0.6) is 0 Å². The van der Waals surface area contributed by atoms with E-state index in [1.54, 1.807) is 18.4 Å². The van der Waals surface area contributed by atoms with Gasteiger partial charge in [-0.15, -0.1) is 11.3 Å². The Morgan fingerprint density at radius 2 is 2.29 bits per heavy atom. The van der Waals surface area contributed by atoms with Crippen molar-refractivity contribution in [3.8, 4) is 0 Å². The van der Waals surface area contributed by atoms with Gasteiger partial charge in [0, 0.05) is 5.69 Å². The summed E-state index contributed by atoms with van der Waals surface area (Å²) in [4.78, 5) is 22.8. The van der Waals surface area contributed by atoms with Crippen molar-refractivity contribution in [2.45, 2.75) is 6.92 Å². The Labute approximate surface area is 100 Å². The second kappa shape index (κ2) is 4.38. The van der Waals surface area contributed by atoms with E-state index < -0.39 is 5.97 Å². The lowest BCUT2D eigenvalue weighted by Gasteiger charge is -2.03. The third kappa shape index (κ3) is 2.18. The van der Waals surface area contributed by atoms with Crippen molar-refractivity contribution in [2.75, 3.05) is 5.32 Å². The molecule has 0 atom stereocenters. The maximum atomic E-state index is 11.8. The molecule has 17 heavy (non-hydrogen) atoms. The number of anilines is 1. The van der Waals surface area contributed by atoms with Crippen LogP contribution in [0.3, 0.4) is 0 Å². The number of hydrogen-bond donors (Lipinski definition) is 3. The summed E-state index contributed by atoms with van der Waals surface area (Å²) in [5.74, 6) is -1.43. The molecule has 0 aliphatic heterocycles. The predicted octanol–water partition coefficient (Wildman–Crippen LogP) is 1.73. The third-order valence-electron chi connectivity index (χ3n) is 2.18. The zero-order valence-electron chi connectivity index (χ0n) is 8.85. The van der Waals surface area contributed by atoms with E-state index >= 15 is 0 Å². The van der Waals surface area contributed by atoms with Gasteiger partial charge in [0.05, 0.1) is 17.4 Å². The molecule has 0 aromatic carbocycles. The lowest BCUT2D eigenvalue weighted by atomic mass is 10.2. The van der Waals surface area contributed by atoms with Crippen LogP contribution in [0.1, 0.15) is 25.7 Å². The van der Waals surface area contributed by atoms with Gasteiger partial charge in [0.1, 0.15) is 4.88 Å². The first-order valence-electron chi connectivity index (χ1n) is 4.71. The fourth-order valence-corrected chi connectivity index (χ4v) is 2.03. The molecule has 0 fully saturated rings. The van der Waals surface area contributed by atoms with Crippen molar-refractivity contribution in [1.29, 1.82) is 0 Å². The van der Waals surface area contributed by atoms with Gasteiger partial charge in [-0.2, -0.15) is 5.10 Å². The summed E-state index contributed by atoms with van der Waals surface area (Å²) >= 11 is 1.06. The van der Waals surface area contributed by atoms with Crippen LogP contribution in [0.2, 0.25) is 0 Å². The van der Waals surface area contributed by atoms with E-state index in [1.165, 1.54) is 6.20 Å². The standard InChI is InChI=1S/C10H9N3O3S/c1-5-6(4-11-13-5)9(14)12-7-2-3-17-8(7)10(15)16/h2-4H,1H3,(H,11,13)(H,12,14)(H,15,16). The summed E-state index contributed by atoms with van der Waals surface area (Å²) < 4.78 is 0. The van der Waals surface area contributed by atoms with E-state index in [4.69, 9.17) is 5.11 Å². The number of nitrogens with zero attached hydrogens (tertiary/aromatic N) is 1. The number of aromatic nitrogens is 2. The average molecular weight is 251 g/mol. The SMILES string of the molecule is Cc1[nH]ncc1C(=O)Nc1ccsc1C(=O)O. The minimum absolute atomic E-state index is 0.111. The lowest BCUT2D eigenvalue weighted by Crippen LogP contribution is -2.13. The van der Waals surface area contributed by atoms with Crippen molar-refractivity contribution < 1.29 is 14.7 Å². The van der Waals surface area contributed by atoms with Crippen molar-refractivity contribution in [3.63, 3.8) is 0 Å². The molecule has 0 saturated heterocycles. The Hall–Kier alpha value is -2.15. The quantitative estimate of drug-likeness (QED) is 0.774. The second-order valence-corrected chi connectivity index (χ2v) is 4.25. The molecule has 0 unspecified atom stereocenters. The molecule has 1 amide bonds. The highest BCUT2D eigenvalue weighted by molar-refractivity contribution is 7.12. The van der Waals surface area contributed by atoms with Crippen LogP contribution >= 0.6 is 11.3 Å². The molecule has 2 aromatic heterocycles. The molecule has 6 nitrogen and oxygen atoms in total. The number of thiophene rings is 1. The van der Waals surface area contributed by atoms with Gasteiger partial charge in [0.15, 0.2) is 0 Å². The van der Waals surface area contributed by atoms with Gasteiger partial charge >= 0.3 is 5.97 Å². The normalized spacial score (nSPS) is 10.2. The number of rotatable bonds is 3. The fourth-order valence-electron chi connectivity index (χ4n) is 1.34. The molecule has 0 spiro atoms. The van der Waals surface area contributed by atoms with Crippen LogP contribution < -0.4 is 5.32 Å². The van der Waals surface area contributed by atoms with Gasteiger partial charge in [-0.25, -0.2) is 4.79 Å². The van der Waals surface area contributed by atoms with Crippen LogP contribution in [0.15, 0.2) is 17.6 Å². The van der Waals surface area contributed by atoms with Gasteiger partial charge in [0.2, 0.25) is 0 Å². The number of aromatic amines is 1. The highest BCUT2D eigenvalue weighted by atomic mass is 32.1. The first-order chi connectivity index (χ1) is 8.09. The zero-order valence-corrected chi connectivity index (χ0v) is 9.67. The Morgan fingerprint density at radius 1 is 1.53 bits per heavy atom. The summed E-state index contributed by atoms with van der Waals surface area (Å²) in [7, 11) is 0. The molecule has 2 heterocycles. The Kier molecular flexibility index (Phi) is 2.92.